The standard InChI is InChI=1S/C18H29N3O4/c1-9(2)25-17(24)13-10(3)14(19-11(13)4)16(23)20-12(5)15(22)21-18(6,7)8/h9,12,19H,1-8H3,(H,20,23)(H,21,22). The van der Waals surface area contributed by atoms with Crippen LogP contribution in [0.15, 0.2) is 0 Å². The number of carbonyl (C=O) groups excluding carboxylic acids is 3. The zero-order valence-electron chi connectivity index (χ0n) is 16.3. The van der Waals surface area contributed by atoms with E-state index < -0.39 is 17.9 Å². The van der Waals surface area contributed by atoms with E-state index in [2.05, 4.69) is 15.6 Å². The van der Waals surface area contributed by atoms with E-state index in [0.29, 0.717) is 16.8 Å². The molecule has 1 aromatic rings. The molecular formula is C18H29N3O4. The maximum Gasteiger partial charge on any atom is 0.340 e. The van der Waals surface area contributed by atoms with Crippen LogP contribution in [0.1, 0.15) is 73.6 Å². The third kappa shape index (κ3) is 5.62. The van der Waals surface area contributed by atoms with Gasteiger partial charge in [0.05, 0.1) is 11.7 Å². The Labute approximate surface area is 148 Å². The molecule has 0 saturated heterocycles. The lowest BCUT2D eigenvalue weighted by Crippen LogP contribution is -2.51. The van der Waals surface area contributed by atoms with Crippen molar-refractivity contribution >= 4 is 17.8 Å². The number of carbonyl (C=O) groups is 3. The van der Waals surface area contributed by atoms with Crippen LogP contribution < -0.4 is 10.6 Å². The van der Waals surface area contributed by atoms with Gasteiger partial charge in [-0.3, -0.25) is 9.59 Å². The quantitative estimate of drug-likeness (QED) is 0.708. The average Bonchev–Trinajstić information content (AvgIpc) is 2.71. The molecule has 0 radical (unpaired) electrons. The molecule has 2 amide bonds. The fourth-order valence-electron chi connectivity index (χ4n) is 2.37. The highest BCUT2D eigenvalue weighted by Gasteiger charge is 2.26. The average molecular weight is 351 g/mol. The van der Waals surface area contributed by atoms with Crippen LogP contribution in [0.3, 0.4) is 0 Å². The van der Waals surface area contributed by atoms with Gasteiger partial charge in [0.15, 0.2) is 0 Å². The number of H-pyrrole nitrogens is 1. The van der Waals surface area contributed by atoms with Gasteiger partial charge in [-0.1, -0.05) is 0 Å². The van der Waals surface area contributed by atoms with Gasteiger partial charge in [0.2, 0.25) is 5.91 Å². The van der Waals surface area contributed by atoms with Crippen LogP contribution in [0.25, 0.3) is 0 Å². The second kappa shape index (κ2) is 7.72. The molecule has 1 atom stereocenters. The minimum absolute atomic E-state index is 0.250. The molecule has 0 aliphatic heterocycles. The van der Waals surface area contributed by atoms with Crippen LogP contribution in [-0.2, 0) is 9.53 Å². The van der Waals surface area contributed by atoms with Gasteiger partial charge >= 0.3 is 5.97 Å². The Balaban J connectivity index is 2.93. The molecule has 140 valence electrons. The Morgan fingerprint density at radius 1 is 1.08 bits per heavy atom. The number of hydrogen-bond donors (Lipinski definition) is 3. The lowest BCUT2D eigenvalue weighted by Gasteiger charge is -2.23. The number of rotatable bonds is 5. The zero-order valence-corrected chi connectivity index (χ0v) is 16.3. The summed E-state index contributed by atoms with van der Waals surface area (Å²) in [6.07, 6.45) is -0.250. The van der Waals surface area contributed by atoms with Gasteiger partial charge in [-0.15, -0.1) is 0 Å². The van der Waals surface area contributed by atoms with Crippen LogP contribution in [0.4, 0.5) is 0 Å². The van der Waals surface area contributed by atoms with Crippen molar-refractivity contribution in [2.24, 2.45) is 0 Å². The van der Waals surface area contributed by atoms with Crippen molar-refractivity contribution in [2.75, 3.05) is 0 Å². The third-order valence-corrected chi connectivity index (χ3v) is 3.45. The zero-order chi connectivity index (χ0) is 19.5. The van der Waals surface area contributed by atoms with E-state index in [1.165, 1.54) is 0 Å². The largest absolute Gasteiger partial charge is 0.459 e. The predicted molar refractivity (Wildman–Crippen MR) is 95.6 cm³/mol. The minimum Gasteiger partial charge on any atom is -0.459 e. The lowest BCUT2D eigenvalue weighted by molar-refractivity contribution is -0.124. The Bertz CT molecular complexity index is 669. The monoisotopic (exact) mass is 351 g/mol. The minimum atomic E-state index is -0.708. The van der Waals surface area contributed by atoms with Gasteiger partial charge in [0, 0.05) is 11.2 Å². The summed E-state index contributed by atoms with van der Waals surface area (Å²) >= 11 is 0. The SMILES string of the molecule is Cc1[nH]c(C(=O)NC(C)C(=O)NC(C)(C)C)c(C)c1C(=O)OC(C)C. The summed E-state index contributed by atoms with van der Waals surface area (Å²) in [5.41, 5.74) is 1.28. The highest BCUT2D eigenvalue weighted by molar-refractivity contribution is 6.02. The molecule has 1 unspecified atom stereocenters. The molecule has 0 spiro atoms. The van der Waals surface area contributed by atoms with Gasteiger partial charge in [-0.25, -0.2) is 4.79 Å². The van der Waals surface area contributed by atoms with E-state index in [-0.39, 0.29) is 23.2 Å². The lowest BCUT2D eigenvalue weighted by atomic mass is 10.1. The molecule has 3 N–H and O–H groups in total. The molecule has 0 fully saturated rings. The smallest absolute Gasteiger partial charge is 0.340 e. The predicted octanol–water partition coefficient (Wildman–Crippen LogP) is 2.23. The number of amides is 2. The molecule has 25 heavy (non-hydrogen) atoms. The van der Waals surface area contributed by atoms with E-state index in [4.69, 9.17) is 4.74 Å². The summed E-state index contributed by atoms with van der Waals surface area (Å²) in [5, 5.41) is 5.45. The van der Waals surface area contributed by atoms with Crippen LogP contribution >= 0.6 is 0 Å². The molecule has 0 aromatic carbocycles. The number of aryl methyl sites for hydroxylation is 1. The molecule has 1 rings (SSSR count). The highest BCUT2D eigenvalue weighted by atomic mass is 16.5. The molecular weight excluding hydrogens is 322 g/mol. The second-order valence-corrected chi connectivity index (χ2v) is 7.51. The summed E-state index contributed by atoms with van der Waals surface area (Å²) in [4.78, 5) is 39.7. The van der Waals surface area contributed by atoms with E-state index in [1.807, 2.05) is 20.8 Å². The maximum absolute atomic E-state index is 12.5. The van der Waals surface area contributed by atoms with E-state index in [9.17, 15) is 14.4 Å². The normalized spacial score (nSPS) is 12.7. The van der Waals surface area contributed by atoms with Crippen LogP contribution in [0.2, 0.25) is 0 Å². The van der Waals surface area contributed by atoms with E-state index in [0.717, 1.165) is 0 Å². The van der Waals surface area contributed by atoms with Crippen molar-refractivity contribution < 1.29 is 19.1 Å². The van der Waals surface area contributed by atoms with Crippen LogP contribution in [0, 0.1) is 13.8 Å². The number of aromatic amines is 1. The summed E-state index contributed by atoms with van der Waals surface area (Å²) in [5.74, 6) is -1.19. The third-order valence-electron chi connectivity index (χ3n) is 3.45. The Morgan fingerprint density at radius 2 is 1.64 bits per heavy atom. The molecule has 7 nitrogen and oxygen atoms in total. The molecule has 7 heteroatoms. The number of aromatic nitrogens is 1. The van der Waals surface area contributed by atoms with Gasteiger partial charge < -0.3 is 20.4 Å². The van der Waals surface area contributed by atoms with E-state index in [1.54, 1.807) is 34.6 Å². The Morgan fingerprint density at radius 3 is 2.12 bits per heavy atom. The summed E-state index contributed by atoms with van der Waals surface area (Å²) in [6, 6.07) is -0.708. The fraction of sp³-hybridized carbons (Fsp3) is 0.611. The molecule has 1 aromatic heterocycles. The second-order valence-electron chi connectivity index (χ2n) is 7.51. The summed E-state index contributed by atoms with van der Waals surface area (Å²) < 4.78 is 5.21. The Hall–Kier alpha value is -2.31. The van der Waals surface area contributed by atoms with Crippen LogP contribution in [-0.4, -0.2) is 40.5 Å². The van der Waals surface area contributed by atoms with Crippen LogP contribution in [0.5, 0.6) is 0 Å². The van der Waals surface area contributed by atoms with Gasteiger partial charge in [0.25, 0.3) is 5.91 Å². The molecule has 0 aliphatic rings. The molecule has 1 heterocycles. The first-order valence-corrected chi connectivity index (χ1v) is 8.36. The maximum atomic E-state index is 12.5. The summed E-state index contributed by atoms with van der Waals surface area (Å²) in [6.45, 7) is 14.1. The first kappa shape index (κ1) is 20.7. The van der Waals surface area contributed by atoms with Crippen molar-refractivity contribution in [3.05, 3.63) is 22.5 Å². The molecule has 0 bridgehead atoms. The number of ether oxygens (including phenoxy) is 1. The van der Waals surface area contributed by atoms with Crippen molar-refractivity contribution in [1.29, 1.82) is 0 Å². The van der Waals surface area contributed by atoms with Crippen molar-refractivity contribution in [2.45, 2.75) is 73.1 Å². The Kier molecular flexibility index (Phi) is 6.40. The molecule has 0 aliphatic carbocycles. The van der Waals surface area contributed by atoms with Gasteiger partial charge in [0.1, 0.15) is 11.7 Å². The van der Waals surface area contributed by atoms with Gasteiger partial charge in [-0.05, 0) is 61.0 Å². The van der Waals surface area contributed by atoms with Crippen molar-refractivity contribution in [1.82, 2.24) is 15.6 Å². The summed E-state index contributed by atoms with van der Waals surface area (Å²) in [7, 11) is 0. The number of esters is 1. The first-order chi connectivity index (χ1) is 11.3. The molecule has 0 saturated carbocycles. The van der Waals surface area contributed by atoms with Crippen molar-refractivity contribution in [3.63, 3.8) is 0 Å². The van der Waals surface area contributed by atoms with Crippen molar-refractivity contribution in [3.8, 4) is 0 Å². The fourth-order valence-corrected chi connectivity index (χ4v) is 2.37. The van der Waals surface area contributed by atoms with Gasteiger partial charge in [-0.2, -0.15) is 0 Å². The highest BCUT2D eigenvalue weighted by Crippen LogP contribution is 2.19. The first-order valence-electron chi connectivity index (χ1n) is 8.36. The van der Waals surface area contributed by atoms with E-state index >= 15 is 0 Å². The number of hydrogen-bond acceptors (Lipinski definition) is 4. The number of nitrogens with one attached hydrogen (secondary N) is 3. The topological polar surface area (TPSA) is 100 Å².